The normalized spacial score (nSPS) is 14.5. The lowest BCUT2D eigenvalue weighted by molar-refractivity contribution is -0.139. The molecule has 6 rings (SSSR count). The highest BCUT2D eigenvalue weighted by atomic mass is 32.2. The molecule has 4 atom stereocenters. The fourth-order valence-electron chi connectivity index (χ4n) is 10.1. The Bertz CT molecular complexity index is 3070. The maximum absolute atomic E-state index is 14.4. The summed E-state index contributed by atoms with van der Waals surface area (Å²) in [7, 11) is 1.62. The second-order valence-corrected chi connectivity index (χ2v) is 23.7. The Morgan fingerprint density at radius 1 is 0.656 bits per heavy atom. The Kier molecular flexibility index (Phi) is 36.1. The highest BCUT2D eigenvalue weighted by Crippen LogP contribution is 2.34. The Labute approximate surface area is 563 Å². The van der Waals surface area contributed by atoms with Crippen molar-refractivity contribution in [3.63, 3.8) is 0 Å². The number of hydrogen-bond acceptors (Lipinski definition) is 21. The van der Waals surface area contributed by atoms with Crippen LogP contribution < -0.4 is 32.3 Å². The van der Waals surface area contributed by atoms with E-state index in [0.29, 0.717) is 180 Å². The van der Waals surface area contributed by atoms with Gasteiger partial charge < -0.3 is 85.3 Å². The summed E-state index contributed by atoms with van der Waals surface area (Å²) in [5, 5.41) is 38.5. The molecule has 2 aliphatic heterocycles. The number of nitrogens with one attached hydrogen (secondary N) is 5. The van der Waals surface area contributed by atoms with Gasteiger partial charge in [-0.15, -0.1) is 11.8 Å². The highest BCUT2D eigenvalue weighted by molar-refractivity contribution is 8.00. The Hall–Kier alpha value is -7.78. The number of carbonyl (C=O) groups excluding carboxylic acids is 6. The second kappa shape index (κ2) is 44.9. The van der Waals surface area contributed by atoms with Crippen molar-refractivity contribution in [3.05, 3.63) is 102 Å². The van der Waals surface area contributed by atoms with Gasteiger partial charge >= 0.3 is 18.0 Å². The van der Waals surface area contributed by atoms with Gasteiger partial charge in [-0.25, -0.2) is 9.80 Å². The van der Waals surface area contributed by atoms with Crippen molar-refractivity contribution in [1.82, 2.24) is 41.1 Å². The van der Waals surface area contributed by atoms with E-state index in [2.05, 4.69) is 36.6 Å². The van der Waals surface area contributed by atoms with Crippen LogP contribution in [0.4, 0.5) is 10.5 Å². The first kappa shape index (κ1) is 77.2. The van der Waals surface area contributed by atoms with Crippen LogP contribution in [-0.4, -0.2) is 239 Å². The van der Waals surface area contributed by atoms with E-state index < -0.39 is 65.9 Å². The van der Waals surface area contributed by atoms with E-state index in [1.807, 2.05) is 60.7 Å². The fraction of sp³-hybridized carbons (Fsp3) is 0.561. The number of hydrazone groups is 1. The van der Waals surface area contributed by atoms with E-state index in [1.165, 1.54) is 5.01 Å². The lowest BCUT2D eigenvalue weighted by atomic mass is 9.86. The molecule has 9 N–H and O–H groups in total. The fourth-order valence-corrected chi connectivity index (χ4v) is 11.0. The molecule has 0 spiro atoms. The van der Waals surface area contributed by atoms with Crippen LogP contribution in [0.5, 0.6) is 0 Å². The molecule has 4 aromatic rings. The molecule has 29 nitrogen and oxygen atoms in total. The third-order valence-corrected chi connectivity index (χ3v) is 16.6. The van der Waals surface area contributed by atoms with Crippen LogP contribution in [0, 0.1) is 0 Å². The van der Waals surface area contributed by atoms with Gasteiger partial charge in [0.05, 0.1) is 123 Å². The zero-order chi connectivity index (χ0) is 68.5. The van der Waals surface area contributed by atoms with Gasteiger partial charge in [-0.1, -0.05) is 43.2 Å². The summed E-state index contributed by atoms with van der Waals surface area (Å²) in [6.07, 6.45) is 8.72. The van der Waals surface area contributed by atoms with Gasteiger partial charge in [0.2, 0.25) is 23.6 Å². The van der Waals surface area contributed by atoms with E-state index in [9.17, 15) is 43.5 Å². The molecule has 0 radical (unpaired) electrons. The number of hydrogen-bond donors (Lipinski definition) is 8. The van der Waals surface area contributed by atoms with Crippen molar-refractivity contribution in [2.75, 3.05) is 143 Å². The number of pyridine rings is 2. The molecule has 0 saturated heterocycles. The third-order valence-electron chi connectivity index (χ3n) is 15.2. The van der Waals surface area contributed by atoms with E-state index >= 15 is 0 Å². The largest absolute Gasteiger partial charge is 0.480 e. The number of urea groups is 1. The first-order chi connectivity index (χ1) is 46.7. The molecule has 2 aliphatic rings. The van der Waals surface area contributed by atoms with Gasteiger partial charge in [-0.3, -0.25) is 43.5 Å². The lowest BCUT2D eigenvalue weighted by Gasteiger charge is -2.30. The van der Waals surface area contributed by atoms with E-state index in [-0.39, 0.29) is 56.2 Å². The predicted octanol–water partition coefficient (Wildman–Crippen LogP) is 3.60. The number of benzene rings is 2. The standard InChI is InChI=1S/C66H93N11O18S/c1-88-26-27-90-30-31-92-34-35-94-38-39-95-37-36-93-33-32-91-29-28-89-25-19-59(78)70-20-6-4-12-56(74-61(80)43-72-60(79)41-58(65(85)86)96-46-54(67)64(83)84)62(81)71-21-5-2-3-7-24-77-63(82)53(51-10-8-13-55-52(51)11-9-22-69-55)40-57(75-77)47-14-16-50(17-15-47)73-66(87)76-44-48-18-23-68-42-49(48)45-76/h8-11,13-18,22-23,42,53-54,56,58H,2-7,12,19-21,24-41,43-46,67H2,1H3,(H,70,78)(H,71,81)(H,72,79)(H,73,87)(H,74,80)(H,83,84)(H,85,86)/t53?,54-,56-,58?/m0/s1. The highest BCUT2D eigenvalue weighted by Gasteiger charge is 2.34. The molecule has 0 bridgehead atoms. The number of aliphatic carboxylic acids is 2. The molecule has 2 aromatic carbocycles. The quantitative estimate of drug-likeness (QED) is 0.0293. The van der Waals surface area contributed by atoms with Crippen molar-refractivity contribution < 1.29 is 86.5 Å². The monoisotopic (exact) mass is 1360 g/mol. The van der Waals surface area contributed by atoms with Crippen molar-refractivity contribution in [3.8, 4) is 0 Å². The van der Waals surface area contributed by atoms with Crippen LogP contribution in [-0.2, 0) is 84.5 Å². The second-order valence-electron chi connectivity index (χ2n) is 22.5. The van der Waals surface area contributed by atoms with Crippen LogP contribution in [0.1, 0.15) is 92.4 Å². The van der Waals surface area contributed by atoms with Gasteiger partial charge in [0.1, 0.15) is 17.3 Å². The minimum Gasteiger partial charge on any atom is -0.480 e. The topological polar surface area (TPSA) is 382 Å². The summed E-state index contributed by atoms with van der Waals surface area (Å²) in [6.45, 7) is 7.58. The van der Waals surface area contributed by atoms with E-state index in [1.54, 1.807) is 30.6 Å². The van der Waals surface area contributed by atoms with Crippen LogP contribution in [0.15, 0.2) is 84.4 Å². The van der Waals surface area contributed by atoms with E-state index in [4.69, 9.17) is 53.8 Å². The first-order valence-corrected chi connectivity index (χ1v) is 33.5. The third kappa shape index (κ3) is 28.9. The molecule has 526 valence electrons. The number of carboxylic acids is 2. The molecule has 96 heavy (non-hydrogen) atoms. The molecule has 7 amide bonds. The van der Waals surface area contributed by atoms with Crippen LogP contribution >= 0.6 is 11.8 Å². The van der Waals surface area contributed by atoms with Crippen molar-refractivity contribution in [2.24, 2.45) is 10.8 Å². The summed E-state index contributed by atoms with van der Waals surface area (Å²) < 4.78 is 43.2. The van der Waals surface area contributed by atoms with Gasteiger partial charge in [-0.05, 0) is 84.7 Å². The van der Waals surface area contributed by atoms with Crippen molar-refractivity contribution in [1.29, 1.82) is 0 Å². The average Bonchev–Trinajstić information content (AvgIpc) is 0.805. The van der Waals surface area contributed by atoms with E-state index in [0.717, 1.165) is 33.2 Å². The van der Waals surface area contributed by atoms with Gasteiger partial charge in [0, 0.05) is 94.5 Å². The minimum atomic E-state index is -1.36. The number of nitrogens with zero attached hydrogens (tertiary/aromatic N) is 5. The molecule has 30 heteroatoms. The van der Waals surface area contributed by atoms with Crippen molar-refractivity contribution >= 4 is 81.6 Å². The maximum Gasteiger partial charge on any atom is 0.322 e. The van der Waals surface area contributed by atoms with Gasteiger partial charge in [-0.2, -0.15) is 5.10 Å². The van der Waals surface area contributed by atoms with Gasteiger partial charge in [0.25, 0.3) is 5.91 Å². The zero-order valence-electron chi connectivity index (χ0n) is 54.6. The summed E-state index contributed by atoms with van der Waals surface area (Å²) in [5.74, 6) is -5.82. The van der Waals surface area contributed by atoms with Crippen molar-refractivity contribution in [2.45, 2.75) is 101 Å². The van der Waals surface area contributed by atoms with Crippen LogP contribution in [0.2, 0.25) is 0 Å². The molecular formula is C66H93N11O18S. The number of carboxylic acid groups (broad SMARTS) is 2. The Morgan fingerprint density at radius 2 is 1.28 bits per heavy atom. The number of aromatic nitrogens is 2. The number of anilines is 1. The van der Waals surface area contributed by atoms with Crippen LogP contribution in [0.25, 0.3) is 10.9 Å². The Morgan fingerprint density at radius 3 is 1.93 bits per heavy atom. The number of thioether (sulfide) groups is 1. The number of rotatable bonds is 50. The predicted molar refractivity (Wildman–Crippen MR) is 356 cm³/mol. The number of methoxy groups -OCH3 is 1. The lowest BCUT2D eigenvalue weighted by Crippen LogP contribution is -2.49. The summed E-state index contributed by atoms with van der Waals surface area (Å²) in [5.41, 5.74) is 11.3. The number of carbonyl (C=O) groups is 8. The summed E-state index contributed by atoms with van der Waals surface area (Å²) >= 11 is 0.690. The molecule has 4 heterocycles. The first-order valence-electron chi connectivity index (χ1n) is 32.5. The molecule has 2 unspecified atom stereocenters. The summed E-state index contributed by atoms with van der Waals surface area (Å²) in [4.78, 5) is 113. The van der Waals surface area contributed by atoms with Gasteiger partial charge in [0.15, 0.2) is 0 Å². The zero-order valence-corrected chi connectivity index (χ0v) is 55.4. The molecule has 2 aromatic heterocycles. The van der Waals surface area contributed by atoms with Crippen LogP contribution in [0.3, 0.4) is 0 Å². The average molecular weight is 1360 g/mol. The number of unbranched alkanes of at least 4 members (excludes halogenated alkanes) is 4. The SMILES string of the molecule is COCCOCCOCCOCCOCCOCCOCCOCCC(=O)NCCCC[C@H](NC(=O)CNC(=O)CC(SC[C@H](N)C(=O)O)C(=O)O)C(=O)NCCCCCCN1N=C(c2ccc(NC(=O)N3Cc4ccncc4C3)cc2)CC(c2cccc3ncccc23)C1=O. The number of ether oxygens (including phenoxy) is 8. The minimum absolute atomic E-state index is 0.116. The number of nitrogens with two attached hydrogens (primary N) is 1. The molecule has 0 saturated carbocycles. The molecular weight excluding hydrogens is 1270 g/mol. The smallest absolute Gasteiger partial charge is 0.322 e. The molecule has 0 aliphatic carbocycles. The maximum atomic E-state index is 14.4. The number of amides is 7. The number of fused-ring (bicyclic) bond motifs is 2. The molecule has 0 fully saturated rings. The summed E-state index contributed by atoms with van der Waals surface area (Å²) in [6, 6.07) is 16.3. The Balaban J connectivity index is 0.899.